The molecule has 19 heavy (non-hydrogen) atoms. The van der Waals surface area contributed by atoms with Crippen molar-refractivity contribution in [3.8, 4) is 11.5 Å². The van der Waals surface area contributed by atoms with Gasteiger partial charge in [0.15, 0.2) is 0 Å². The zero-order chi connectivity index (χ0) is 14.3. The summed E-state index contributed by atoms with van der Waals surface area (Å²) in [6, 6.07) is 7.19. The average Bonchev–Trinajstić information content (AvgIpc) is 2.39. The van der Waals surface area contributed by atoms with Crippen molar-refractivity contribution in [2.45, 2.75) is 25.8 Å². The van der Waals surface area contributed by atoms with Crippen LogP contribution in [-0.2, 0) is 4.79 Å². The molecule has 1 aromatic rings. The molecule has 0 spiro atoms. The Morgan fingerprint density at radius 1 is 1.32 bits per heavy atom. The monoisotopic (exact) mass is 267 g/mol. The normalized spacial score (nSPS) is 13.6. The first kappa shape index (κ1) is 15.3. The number of nitrogens with one attached hydrogen (secondary N) is 1. The molecular weight excluding hydrogens is 246 g/mol. The highest BCUT2D eigenvalue weighted by atomic mass is 16.5. The second-order valence-corrected chi connectivity index (χ2v) is 4.44. The van der Waals surface area contributed by atoms with Crippen molar-refractivity contribution in [3.63, 3.8) is 0 Å². The second-order valence-electron chi connectivity index (χ2n) is 4.44. The summed E-state index contributed by atoms with van der Waals surface area (Å²) >= 11 is 0. The van der Waals surface area contributed by atoms with Gasteiger partial charge in [-0.1, -0.05) is 6.92 Å². The van der Waals surface area contributed by atoms with Crippen LogP contribution in [0, 0.1) is 0 Å². The van der Waals surface area contributed by atoms with E-state index < -0.39 is 11.5 Å². The fourth-order valence-electron chi connectivity index (χ4n) is 1.71. The van der Waals surface area contributed by atoms with E-state index in [4.69, 9.17) is 9.47 Å². The predicted octanol–water partition coefficient (Wildman–Crippen LogP) is 1.92. The first-order chi connectivity index (χ1) is 9.01. The summed E-state index contributed by atoms with van der Waals surface area (Å²) in [7, 11) is 1.60. The van der Waals surface area contributed by atoms with Gasteiger partial charge in [-0.15, -0.1) is 0 Å². The molecule has 0 radical (unpaired) electrons. The van der Waals surface area contributed by atoms with Crippen LogP contribution < -0.4 is 14.8 Å². The van der Waals surface area contributed by atoms with Crippen LogP contribution in [0.15, 0.2) is 24.3 Å². The molecule has 1 rings (SSSR count). The summed E-state index contributed by atoms with van der Waals surface area (Å²) < 4.78 is 10.6. The van der Waals surface area contributed by atoms with Crippen LogP contribution in [0.1, 0.15) is 20.3 Å². The van der Waals surface area contributed by atoms with Gasteiger partial charge in [0.05, 0.1) is 13.7 Å². The summed E-state index contributed by atoms with van der Waals surface area (Å²) in [6.45, 7) is 4.48. The van der Waals surface area contributed by atoms with Gasteiger partial charge in [0.1, 0.15) is 17.0 Å². The molecular formula is C14H21NO4. The maximum atomic E-state index is 11.2. The van der Waals surface area contributed by atoms with E-state index in [0.29, 0.717) is 25.3 Å². The Bertz CT molecular complexity index is 404. The summed E-state index contributed by atoms with van der Waals surface area (Å²) in [5.74, 6) is 0.591. The zero-order valence-corrected chi connectivity index (χ0v) is 11.6. The van der Waals surface area contributed by atoms with Crippen molar-refractivity contribution in [1.29, 1.82) is 0 Å². The molecule has 1 unspecified atom stereocenters. The van der Waals surface area contributed by atoms with Gasteiger partial charge in [-0.05, 0) is 37.7 Å². The lowest BCUT2D eigenvalue weighted by molar-refractivity contribution is -0.144. The third-order valence-corrected chi connectivity index (χ3v) is 2.97. The van der Waals surface area contributed by atoms with E-state index in [2.05, 4.69) is 5.32 Å². The Morgan fingerprint density at radius 2 is 1.89 bits per heavy atom. The van der Waals surface area contributed by atoms with Gasteiger partial charge in [-0.2, -0.15) is 0 Å². The smallest absolute Gasteiger partial charge is 0.323 e. The van der Waals surface area contributed by atoms with Gasteiger partial charge in [0, 0.05) is 6.42 Å². The zero-order valence-electron chi connectivity index (χ0n) is 11.6. The summed E-state index contributed by atoms with van der Waals surface area (Å²) in [4.78, 5) is 11.2. The molecule has 0 aromatic heterocycles. The number of carboxylic acid groups (broad SMARTS) is 1. The first-order valence-corrected chi connectivity index (χ1v) is 6.27. The number of carboxylic acids is 1. The minimum atomic E-state index is -0.957. The van der Waals surface area contributed by atoms with Crippen molar-refractivity contribution >= 4 is 5.97 Å². The van der Waals surface area contributed by atoms with Gasteiger partial charge in [-0.3, -0.25) is 4.79 Å². The molecule has 0 aliphatic rings. The number of aliphatic carboxylic acids is 1. The molecule has 5 heteroatoms. The van der Waals surface area contributed by atoms with Crippen LogP contribution in [0.3, 0.4) is 0 Å². The molecule has 0 amide bonds. The molecule has 1 atom stereocenters. The van der Waals surface area contributed by atoms with Crippen LogP contribution in [0.5, 0.6) is 11.5 Å². The van der Waals surface area contributed by atoms with Crippen molar-refractivity contribution in [3.05, 3.63) is 24.3 Å². The second kappa shape index (κ2) is 6.99. The van der Waals surface area contributed by atoms with E-state index in [0.717, 1.165) is 5.75 Å². The minimum absolute atomic E-state index is 0.335. The van der Waals surface area contributed by atoms with E-state index in [1.54, 1.807) is 38.3 Å². The number of hydrogen-bond acceptors (Lipinski definition) is 4. The molecule has 0 aliphatic heterocycles. The topological polar surface area (TPSA) is 67.8 Å². The maximum Gasteiger partial charge on any atom is 0.323 e. The summed E-state index contributed by atoms with van der Waals surface area (Å²) in [5, 5.41) is 12.2. The number of carbonyl (C=O) groups is 1. The first-order valence-electron chi connectivity index (χ1n) is 6.27. The number of rotatable bonds is 8. The Kier molecular flexibility index (Phi) is 5.63. The van der Waals surface area contributed by atoms with Crippen LogP contribution in [-0.4, -0.2) is 36.9 Å². The van der Waals surface area contributed by atoms with E-state index in [9.17, 15) is 9.90 Å². The summed E-state index contributed by atoms with van der Waals surface area (Å²) in [5.41, 5.74) is -0.957. The third-order valence-electron chi connectivity index (χ3n) is 2.97. The van der Waals surface area contributed by atoms with Crippen molar-refractivity contribution in [1.82, 2.24) is 5.32 Å². The predicted molar refractivity (Wildman–Crippen MR) is 72.8 cm³/mol. The van der Waals surface area contributed by atoms with Gasteiger partial charge in [0.2, 0.25) is 0 Å². The standard InChI is InChI=1S/C14H21NO4/c1-4-15-14(2,13(16)17)9-10-19-12-7-5-11(18-3)6-8-12/h5-8,15H,4,9-10H2,1-3H3,(H,16,17). The molecule has 0 heterocycles. The number of ether oxygens (including phenoxy) is 2. The lowest BCUT2D eigenvalue weighted by Crippen LogP contribution is -2.50. The molecule has 0 saturated heterocycles. The van der Waals surface area contributed by atoms with Gasteiger partial charge in [0.25, 0.3) is 0 Å². The Labute approximate surface area is 113 Å². The molecule has 2 N–H and O–H groups in total. The van der Waals surface area contributed by atoms with Crippen LogP contribution in [0.25, 0.3) is 0 Å². The lowest BCUT2D eigenvalue weighted by Gasteiger charge is -2.25. The summed E-state index contributed by atoms with van der Waals surface area (Å²) in [6.07, 6.45) is 0.391. The molecule has 5 nitrogen and oxygen atoms in total. The average molecular weight is 267 g/mol. The van der Waals surface area contributed by atoms with Crippen molar-refractivity contribution in [2.24, 2.45) is 0 Å². The molecule has 106 valence electrons. The Morgan fingerprint density at radius 3 is 2.37 bits per heavy atom. The van der Waals surface area contributed by atoms with E-state index in [1.807, 2.05) is 6.92 Å². The number of likely N-dealkylation sites (N-methyl/N-ethyl adjacent to an activating group) is 1. The molecule has 0 fully saturated rings. The Balaban J connectivity index is 2.49. The van der Waals surface area contributed by atoms with Gasteiger partial charge in [-0.25, -0.2) is 0 Å². The van der Waals surface area contributed by atoms with E-state index in [-0.39, 0.29) is 0 Å². The van der Waals surface area contributed by atoms with Crippen molar-refractivity contribution < 1.29 is 19.4 Å². The third kappa shape index (κ3) is 4.44. The molecule has 0 saturated carbocycles. The Hall–Kier alpha value is -1.75. The molecule has 1 aromatic carbocycles. The highest BCUT2D eigenvalue weighted by Crippen LogP contribution is 2.18. The fourth-order valence-corrected chi connectivity index (χ4v) is 1.71. The van der Waals surface area contributed by atoms with Crippen LogP contribution in [0.2, 0.25) is 0 Å². The van der Waals surface area contributed by atoms with Gasteiger partial charge >= 0.3 is 5.97 Å². The molecule has 0 bridgehead atoms. The molecule has 0 aliphatic carbocycles. The van der Waals surface area contributed by atoms with Crippen molar-refractivity contribution in [2.75, 3.05) is 20.3 Å². The maximum absolute atomic E-state index is 11.2. The van der Waals surface area contributed by atoms with E-state index >= 15 is 0 Å². The number of methoxy groups -OCH3 is 1. The number of benzene rings is 1. The lowest BCUT2D eigenvalue weighted by atomic mass is 9.98. The number of hydrogen-bond donors (Lipinski definition) is 2. The fraction of sp³-hybridized carbons (Fsp3) is 0.500. The quantitative estimate of drug-likeness (QED) is 0.753. The minimum Gasteiger partial charge on any atom is -0.497 e. The van der Waals surface area contributed by atoms with Crippen LogP contribution >= 0.6 is 0 Å². The highest BCUT2D eigenvalue weighted by molar-refractivity contribution is 5.78. The van der Waals surface area contributed by atoms with Crippen LogP contribution in [0.4, 0.5) is 0 Å². The highest BCUT2D eigenvalue weighted by Gasteiger charge is 2.31. The largest absolute Gasteiger partial charge is 0.497 e. The van der Waals surface area contributed by atoms with Gasteiger partial charge < -0.3 is 19.9 Å². The van der Waals surface area contributed by atoms with E-state index in [1.165, 1.54) is 0 Å². The SMILES string of the molecule is CCNC(C)(CCOc1ccc(OC)cc1)C(=O)O.